The number of rotatable bonds is 2. The number of aliphatic hydroxyl groups is 1. The molecule has 2 atom stereocenters. The number of aromatic nitrogens is 2. The third kappa shape index (κ3) is 2.97. The number of aryl methyl sites for hydroxylation is 1. The second-order valence-electron chi connectivity index (χ2n) is 4.55. The molecule has 2 unspecified atom stereocenters. The largest absolute Gasteiger partial charge is 0.391 e. The van der Waals surface area contributed by atoms with Crippen molar-refractivity contribution in [3.63, 3.8) is 0 Å². The minimum atomic E-state index is -0.482. The van der Waals surface area contributed by atoms with E-state index in [4.69, 9.17) is 11.6 Å². The Labute approximate surface area is 111 Å². The van der Waals surface area contributed by atoms with Crippen molar-refractivity contribution in [2.45, 2.75) is 44.8 Å². The highest BCUT2D eigenvalue weighted by atomic mass is 35.5. The van der Waals surface area contributed by atoms with Crippen LogP contribution in [0.1, 0.15) is 42.0 Å². The zero-order chi connectivity index (χ0) is 13.1. The number of amides is 1. The Morgan fingerprint density at radius 1 is 1.50 bits per heavy atom. The van der Waals surface area contributed by atoms with Crippen LogP contribution in [0.5, 0.6) is 0 Å². The summed E-state index contributed by atoms with van der Waals surface area (Å²) < 4.78 is 0. The predicted molar refractivity (Wildman–Crippen MR) is 67.5 cm³/mol. The smallest absolute Gasteiger partial charge is 0.271 e. The number of hydrogen-bond donors (Lipinski definition) is 2. The molecule has 0 radical (unpaired) electrons. The van der Waals surface area contributed by atoms with Crippen molar-refractivity contribution in [3.05, 3.63) is 22.7 Å². The summed E-state index contributed by atoms with van der Waals surface area (Å²) in [5.41, 5.74) is 0.168. The molecular formula is C12H16ClN3O2. The van der Waals surface area contributed by atoms with E-state index in [0.29, 0.717) is 5.82 Å². The first kappa shape index (κ1) is 13.2. The van der Waals surface area contributed by atoms with Crippen LogP contribution in [0, 0.1) is 6.92 Å². The molecule has 1 amide bonds. The highest BCUT2D eigenvalue weighted by molar-refractivity contribution is 6.33. The van der Waals surface area contributed by atoms with Gasteiger partial charge in [-0.2, -0.15) is 0 Å². The SMILES string of the molecule is Cc1ncc(Cl)c(C(=O)NC2CCCCC2O)n1. The fourth-order valence-corrected chi connectivity index (χ4v) is 2.31. The van der Waals surface area contributed by atoms with Crippen LogP contribution in [0.3, 0.4) is 0 Å². The first-order chi connectivity index (χ1) is 8.58. The molecule has 2 rings (SSSR count). The predicted octanol–water partition coefficient (Wildman–Crippen LogP) is 1.47. The third-order valence-corrected chi connectivity index (χ3v) is 3.40. The Balaban J connectivity index is 2.09. The van der Waals surface area contributed by atoms with Crippen molar-refractivity contribution in [2.75, 3.05) is 0 Å². The lowest BCUT2D eigenvalue weighted by atomic mass is 9.92. The van der Waals surface area contributed by atoms with Gasteiger partial charge in [0, 0.05) is 0 Å². The minimum Gasteiger partial charge on any atom is -0.391 e. The molecule has 98 valence electrons. The molecule has 0 aromatic carbocycles. The number of hydrogen-bond acceptors (Lipinski definition) is 4. The molecule has 5 nitrogen and oxygen atoms in total. The van der Waals surface area contributed by atoms with E-state index in [-0.39, 0.29) is 22.7 Å². The van der Waals surface area contributed by atoms with Crippen LogP contribution < -0.4 is 5.32 Å². The van der Waals surface area contributed by atoms with Gasteiger partial charge in [0.25, 0.3) is 5.91 Å². The number of halogens is 1. The van der Waals surface area contributed by atoms with Crippen molar-refractivity contribution in [2.24, 2.45) is 0 Å². The van der Waals surface area contributed by atoms with Gasteiger partial charge in [0.05, 0.1) is 23.4 Å². The summed E-state index contributed by atoms with van der Waals surface area (Å²) >= 11 is 5.90. The van der Waals surface area contributed by atoms with Crippen LogP contribution in [-0.4, -0.2) is 33.1 Å². The Bertz CT molecular complexity index is 453. The highest BCUT2D eigenvalue weighted by Gasteiger charge is 2.26. The van der Waals surface area contributed by atoms with Crippen LogP contribution in [-0.2, 0) is 0 Å². The maximum absolute atomic E-state index is 12.0. The Morgan fingerprint density at radius 2 is 2.22 bits per heavy atom. The van der Waals surface area contributed by atoms with E-state index in [2.05, 4.69) is 15.3 Å². The van der Waals surface area contributed by atoms with Crippen molar-refractivity contribution in [1.29, 1.82) is 0 Å². The minimum absolute atomic E-state index is 0.168. The lowest BCUT2D eigenvalue weighted by Crippen LogP contribution is -2.45. The van der Waals surface area contributed by atoms with E-state index < -0.39 is 6.10 Å². The summed E-state index contributed by atoms with van der Waals surface area (Å²) in [6, 6.07) is -0.211. The Kier molecular flexibility index (Phi) is 4.14. The Morgan fingerprint density at radius 3 is 2.94 bits per heavy atom. The van der Waals surface area contributed by atoms with Crippen molar-refractivity contribution in [3.8, 4) is 0 Å². The zero-order valence-corrected chi connectivity index (χ0v) is 10.9. The molecule has 1 aromatic heterocycles. The monoisotopic (exact) mass is 269 g/mol. The maximum atomic E-state index is 12.0. The second kappa shape index (κ2) is 5.63. The van der Waals surface area contributed by atoms with E-state index in [1.165, 1.54) is 6.20 Å². The van der Waals surface area contributed by atoms with Gasteiger partial charge in [-0.1, -0.05) is 24.4 Å². The van der Waals surface area contributed by atoms with Crippen LogP contribution in [0.25, 0.3) is 0 Å². The van der Waals surface area contributed by atoms with Crippen LogP contribution in [0.4, 0.5) is 0 Å². The van der Waals surface area contributed by atoms with Gasteiger partial charge in [-0.05, 0) is 19.8 Å². The fourth-order valence-electron chi connectivity index (χ4n) is 2.13. The molecule has 0 bridgehead atoms. The average Bonchev–Trinajstić information content (AvgIpc) is 2.35. The van der Waals surface area contributed by atoms with Crippen LogP contribution in [0.2, 0.25) is 5.02 Å². The fraction of sp³-hybridized carbons (Fsp3) is 0.583. The number of nitrogens with one attached hydrogen (secondary N) is 1. The lowest BCUT2D eigenvalue weighted by Gasteiger charge is -2.28. The molecule has 1 fully saturated rings. The van der Waals surface area contributed by atoms with E-state index in [9.17, 15) is 9.90 Å². The molecule has 1 aliphatic carbocycles. The van der Waals surface area contributed by atoms with Gasteiger partial charge < -0.3 is 10.4 Å². The Hall–Kier alpha value is -1.20. The van der Waals surface area contributed by atoms with Gasteiger partial charge in [-0.3, -0.25) is 4.79 Å². The zero-order valence-electron chi connectivity index (χ0n) is 10.2. The molecule has 2 N–H and O–H groups in total. The summed E-state index contributed by atoms with van der Waals surface area (Å²) in [7, 11) is 0. The lowest BCUT2D eigenvalue weighted by molar-refractivity contribution is 0.0713. The molecule has 6 heteroatoms. The maximum Gasteiger partial charge on any atom is 0.271 e. The molecule has 0 spiro atoms. The average molecular weight is 270 g/mol. The molecule has 1 heterocycles. The molecular weight excluding hydrogens is 254 g/mol. The van der Waals surface area contributed by atoms with E-state index >= 15 is 0 Å². The topological polar surface area (TPSA) is 75.1 Å². The van der Waals surface area contributed by atoms with E-state index in [1.54, 1.807) is 6.92 Å². The standard InChI is InChI=1S/C12H16ClN3O2/c1-7-14-6-8(13)11(15-7)12(18)16-9-4-2-3-5-10(9)17/h6,9-10,17H,2-5H2,1H3,(H,16,18). The highest BCUT2D eigenvalue weighted by Crippen LogP contribution is 2.19. The van der Waals surface area contributed by atoms with Gasteiger partial charge in [0.2, 0.25) is 0 Å². The summed E-state index contributed by atoms with van der Waals surface area (Å²) in [5, 5.41) is 12.8. The van der Waals surface area contributed by atoms with Crippen molar-refractivity contribution >= 4 is 17.5 Å². The van der Waals surface area contributed by atoms with Crippen LogP contribution in [0.15, 0.2) is 6.20 Å². The number of aliphatic hydroxyl groups excluding tert-OH is 1. The van der Waals surface area contributed by atoms with Gasteiger partial charge in [0.1, 0.15) is 11.5 Å². The summed E-state index contributed by atoms with van der Waals surface area (Å²) in [4.78, 5) is 20.0. The van der Waals surface area contributed by atoms with Crippen molar-refractivity contribution in [1.82, 2.24) is 15.3 Å². The molecule has 1 aromatic rings. The quantitative estimate of drug-likeness (QED) is 0.853. The van der Waals surface area contributed by atoms with E-state index in [1.807, 2.05) is 0 Å². The first-order valence-electron chi connectivity index (χ1n) is 6.06. The second-order valence-corrected chi connectivity index (χ2v) is 4.95. The normalized spacial score (nSPS) is 23.7. The molecule has 0 saturated heterocycles. The summed E-state index contributed by atoms with van der Waals surface area (Å²) in [5.74, 6) is 0.144. The number of nitrogens with zero attached hydrogens (tertiary/aromatic N) is 2. The molecule has 1 saturated carbocycles. The molecule has 18 heavy (non-hydrogen) atoms. The summed E-state index contributed by atoms with van der Waals surface area (Å²) in [6.07, 6.45) is 4.45. The molecule has 1 aliphatic rings. The number of carbonyl (C=O) groups excluding carboxylic acids is 1. The number of carbonyl (C=O) groups is 1. The van der Waals surface area contributed by atoms with Crippen molar-refractivity contribution < 1.29 is 9.90 Å². The van der Waals surface area contributed by atoms with Gasteiger partial charge in [-0.15, -0.1) is 0 Å². The van der Waals surface area contributed by atoms with Gasteiger partial charge in [-0.25, -0.2) is 9.97 Å². The summed E-state index contributed by atoms with van der Waals surface area (Å²) in [6.45, 7) is 1.70. The van der Waals surface area contributed by atoms with E-state index in [0.717, 1.165) is 25.7 Å². The van der Waals surface area contributed by atoms with Gasteiger partial charge >= 0.3 is 0 Å². The van der Waals surface area contributed by atoms with Crippen LogP contribution >= 0.6 is 11.6 Å². The third-order valence-electron chi connectivity index (χ3n) is 3.13. The first-order valence-corrected chi connectivity index (χ1v) is 6.44. The van der Waals surface area contributed by atoms with Gasteiger partial charge in [0.15, 0.2) is 0 Å². The molecule has 0 aliphatic heterocycles.